The number of hydrogen-bond donors (Lipinski definition) is 2. The molecule has 3 rings (SSSR count). The molecule has 2 aliphatic rings. The molecule has 6 heteroatoms. The molecule has 1 aromatic rings. The highest BCUT2D eigenvalue weighted by Crippen LogP contribution is 2.31. The Kier molecular flexibility index (Phi) is 5.91. The highest BCUT2D eigenvalue weighted by atomic mass is 16.4. The normalized spacial score (nSPS) is 23.3. The molecule has 1 heterocycles. The Morgan fingerprint density at radius 2 is 1.65 bits per heavy atom. The number of piperidine rings is 1. The van der Waals surface area contributed by atoms with Gasteiger partial charge >= 0.3 is 5.97 Å². The van der Waals surface area contributed by atoms with Gasteiger partial charge in [0.25, 0.3) is 5.91 Å². The van der Waals surface area contributed by atoms with Crippen molar-refractivity contribution in [2.24, 2.45) is 11.8 Å². The van der Waals surface area contributed by atoms with Crippen molar-refractivity contribution in [2.75, 3.05) is 18.4 Å². The number of amides is 2. The molecular weight excluding hydrogens is 332 g/mol. The summed E-state index contributed by atoms with van der Waals surface area (Å²) in [5.74, 6) is -2.31. The van der Waals surface area contributed by atoms with Gasteiger partial charge in [-0.15, -0.1) is 0 Å². The summed E-state index contributed by atoms with van der Waals surface area (Å²) >= 11 is 0. The first-order valence-corrected chi connectivity index (χ1v) is 9.49. The number of anilines is 1. The van der Waals surface area contributed by atoms with E-state index >= 15 is 0 Å². The van der Waals surface area contributed by atoms with Crippen molar-refractivity contribution in [2.45, 2.75) is 44.9 Å². The van der Waals surface area contributed by atoms with Crippen molar-refractivity contribution in [3.63, 3.8) is 0 Å². The van der Waals surface area contributed by atoms with Crippen LogP contribution < -0.4 is 5.32 Å². The number of carboxylic acids is 1. The molecule has 2 fully saturated rings. The van der Waals surface area contributed by atoms with Crippen molar-refractivity contribution in [1.82, 2.24) is 4.90 Å². The van der Waals surface area contributed by atoms with Gasteiger partial charge in [0, 0.05) is 24.3 Å². The van der Waals surface area contributed by atoms with Crippen LogP contribution in [0.5, 0.6) is 0 Å². The van der Waals surface area contributed by atoms with Crippen LogP contribution in [0.4, 0.5) is 5.69 Å². The molecule has 0 aromatic heterocycles. The van der Waals surface area contributed by atoms with Gasteiger partial charge in [-0.2, -0.15) is 0 Å². The zero-order valence-corrected chi connectivity index (χ0v) is 14.9. The summed E-state index contributed by atoms with van der Waals surface area (Å²) in [6.45, 7) is 1.55. The van der Waals surface area contributed by atoms with E-state index in [4.69, 9.17) is 0 Å². The molecule has 2 N–H and O–H groups in total. The van der Waals surface area contributed by atoms with Gasteiger partial charge in [0.2, 0.25) is 5.91 Å². The molecule has 1 saturated carbocycles. The van der Waals surface area contributed by atoms with Crippen LogP contribution in [0.1, 0.15) is 55.3 Å². The van der Waals surface area contributed by atoms with Crippen LogP contribution in [-0.4, -0.2) is 40.9 Å². The van der Waals surface area contributed by atoms with Gasteiger partial charge in [-0.3, -0.25) is 14.4 Å². The maximum atomic E-state index is 12.6. The largest absolute Gasteiger partial charge is 0.481 e. The number of rotatable bonds is 4. The Morgan fingerprint density at radius 1 is 0.962 bits per heavy atom. The Labute approximate surface area is 153 Å². The number of aliphatic carboxylic acids is 1. The lowest BCUT2D eigenvalue weighted by Gasteiger charge is -2.28. The predicted molar refractivity (Wildman–Crippen MR) is 97.9 cm³/mol. The number of hydrogen-bond acceptors (Lipinski definition) is 3. The van der Waals surface area contributed by atoms with E-state index in [9.17, 15) is 19.5 Å². The third-order valence-corrected chi connectivity index (χ3v) is 5.44. The molecule has 0 spiro atoms. The van der Waals surface area contributed by atoms with Gasteiger partial charge in [-0.25, -0.2) is 0 Å². The second kappa shape index (κ2) is 8.34. The number of nitrogens with zero attached hydrogens (tertiary/aromatic N) is 1. The average Bonchev–Trinajstić information content (AvgIpc) is 2.68. The molecule has 0 radical (unpaired) electrons. The summed E-state index contributed by atoms with van der Waals surface area (Å²) < 4.78 is 0. The number of likely N-dealkylation sites (tertiary alicyclic amines) is 1. The summed E-state index contributed by atoms with van der Waals surface area (Å²) in [6, 6.07) is 6.94. The van der Waals surface area contributed by atoms with Crippen LogP contribution in [-0.2, 0) is 9.59 Å². The van der Waals surface area contributed by atoms with Gasteiger partial charge in [0.05, 0.1) is 11.8 Å². The SMILES string of the molecule is O=C(O)[C@H]1CCCC[C@H]1C(=O)Nc1cccc(C(=O)N2CCCCC2)c1. The summed E-state index contributed by atoms with van der Waals surface area (Å²) in [5, 5.41) is 12.2. The minimum Gasteiger partial charge on any atom is -0.481 e. The van der Waals surface area contributed by atoms with Gasteiger partial charge in [-0.05, 0) is 50.3 Å². The number of carbonyl (C=O) groups excluding carboxylic acids is 2. The second-order valence-corrected chi connectivity index (χ2v) is 7.26. The predicted octanol–water partition coefficient (Wildman–Crippen LogP) is 3.14. The van der Waals surface area contributed by atoms with Crippen LogP contribution in [0.2, 0.25) is 0 Å². The van der Waals surface area contributed by atoms with E-state index < -0.39 is 17.8 Å². The molecular formula is C20H26N2O4. The Balaban J connectivity index is 1.68. The lowest BCUT2D eigenvalue weighted by molar-refractivity contribution is -0.147. The highest BCUT2D eigenvalue weighted by molar-refractivity contribution is 5.98. The smallest absolute Gasteiger partial charge is 0.307 e. The van der Waals surface area contributed by atoms with E-state index in [0.717, 1.165) is 45.2 Å². The minimum atomic E-state index is -0.904. The summed E-state index contributed by atoms with van der Waals surface area (Å²) in [7, 11) is 0. The maximum absolute atomic E-state index is 12.6. The fourth-order valence-electron chi connectivity index (χ4n) is 3.98. The molecule has 0 unspecified atom stereocenters. The van der Waals surface area contributed by atoms with E-state index in [1.165, 1.54) is 0 Å². The molecule has 2 atom stereocenters. The Morgan fingerprint density at radius 3 is 2.35 bits per heavy atom. The first-order chi connectivity index (χ1) is 12.6. The lowest BCUT2D eigenvalue weighted by Crippen LogP contribution is -2.36. The first kappa shape index (κ1) is 18.4. The van der Waals surface area contributed by atoms with Gasteiger partial charge in [-0.1, -0.05) is 18.9 Å². The van der Waals surface area contributed by atoms with Crippen LogP contribution in [0.15, 0.2) is 24.3 Å². The molecule has 2 amide bonds. The fraction of sp³-hybridized carbons (Fsp3) is 0.550. The quantitative estimate of drug-likeness (QED) is 0.866. The first-order valence-electron chi connectivity index (χ1n) is 9.49. The molecule has 26 heavy (non-hydrogen) atoms. The second-order valence-electron chi connectivity index (χ2n) is 7.26. The van der Waals surface area contributed by atoms with Crippen molar-refractivity contribution >= 4 is 23.5 Å². The van der Waals surface area contributed by atoms with E-state index in [1.807, 2.05) is 4.90 Å². The van der Waals surface area contributed by atoms with Crippen LogP contribution >= 0.6 is 0 Å². The topological polar surface area (TPSA) is 86.7 Å². The van der Waals surface area contributed by atoms with E-state index in [-0.39, 0.29) is 11.8 Å². The summed E-state index contributed by atoms with van der Waals surface area (Å²) in [4.78, 5) is 38.5. The van der Waals surface area contributed by atoms with Crippen molar-refractivity contribution < 1.29 is 19.5 Å². The monoisotopic (exact) mass is 358 g/mol. The molecule has 140 valence electrons. The van der Waals surface area contributed by atoms with Crippen LogP contribution in [0.3, 0.4) is 0 Å². The minimum absolute atomic E-state index is 0.0122. The zero-order chi connectivity index (χ0) is 18.5. The lowest BCUT2D eigenvalue weighted by atomic mass is 9.78. The molecule has 1 aliphatic heterocycles. The van der Waals surface area contributed by atoms with Gasteiger partial charge in [0.15, 0.2) is 0 Å². The van der Waals surface area contributed by atoms with E-state index in [2.05, 4.69) is 5.32 Å². The third-order valence-electron chi connectivity index (χ3n) is 5.44. The number of nitrogens with one attached hydrogen (secondary N) is 1. The molecule has 1 aromatic carbocycles. The van der Waals surface area contributed by atoms with Gasteiger partial charge in [0.1, 0.15) is 0 Å². The average molecular weight is 358 g/mol. The highest BCUT2D eigenvalue weighted by Gasteiger charge is 2.35. The maximum Gasteiger partial charge on any atom is 0.307 e. The standard InChI is InChI=1S/C20H26N2O4/c23-18(16-9-2-3-10-17(16)20(25)26)21-15-8-6-7-14(13-15)19(24)22-11-4-1-5-12-22/h6-8,13,16-17H,1-5,9-12H2,(H,21,23)(H,25,26)/t16-,17+/m1/s1. The summed E-state index contributed by atoms with van der Waals surface area (Å²) in [6.07, 6.45) is 6.07. The van der Waals surface area contributed by atoms with E-state index in [1.54, 1.807) is 24.3 Å². The van der Waals surface area contributed by atoms with Crippen LogP contribution in [0, 0.1) is 11.8 Å². The van der Waals surface area contributed by atoms with E-state index in [0.29, 0.717) is 24.1 Å². The van der Waals surface area contributed by atoms with Crippen molar-refractivity contribution in [3.05, 3.63) is 29.8 Å². The molecule has 1 aliphatic carbocycles. The van der Waals surface area contributed by atoms with Crippen molar-refractivity contribution in [1.29, 1.82) is 0 Å². The fourth-order valence-corrected chi connectivity index (χ4v) is 3.98. The van der Waals surface area contributed by atoms with Crippen LogP contribution in [0.25, 0.3) is 0 Å². The number of carboxylic acid groups (broad SMARTS) is 1. The molecule has 0 bridgehead atoms. The Bertz CT molecular complexity index is 682. The zero-order valence-electron chi connectivity index (χ0n) is 14.9. The molecule has 6 nitrogen and oxygen atoms in total. The Hall–Kier alpha value is -2.37. The number of carbonyl (C=O) groups is 3. The summed E-state index contributed by atoms with van der Waals surface area (Å²) in [5.41, 5.74) is 1.11. The van der Waals surface area contributed by atoms with Gasteiger partial charge < -0.3 is 15.3 Å². The number of benzene rings is 1. The molecule has 1 saturated heterocycles. The van der Waals surface area contributed by atoms with Crippen molar-refractivity contribution in [3.8, 4) is 0 Å². The third kappa shape index (κ3) is 4.23.